The summed E-state index contributed by atoms with van der Waals surface area (Å²) in [6.07, 6.45) is 1.64. The van der Waals surface area contributed by atoms with Gasteiger partial charge < -0.3 is 4.74 Å². The van der Waals surface area contributed by atoms with Crippen molar-refractivity contribution >= 4 is 38.4 Å². The molecule has 0 N–H and O–H groups in total. The van der Waals surface area contributed by atoms with Crippen LogP contribution < -0.4 is 4.74 Å². The molecule has 0 spiro atoms. The van der Waals surface area contributed by atoms with Crippen LogP contribution in [-0.4, -0.2) is 31.8 Å². The first-order valence-corrected chi connectivity index (χ1v) is 10.8. The quantitative estimate of drug-likeness (QED) is 0.465. The highest BCUT2D eigenvalue weighted by molar-refractivity contribution is 7.89. The molecule has 0 aromatic heterocycles. The van der Waals surface area contributed by atoms with Crippen molar-refractivity contribution in [2.45, 2.75) is 17.7 Å². The van der Waals surface area contributed by atoms with E-state index in [0.717, 1.165) is 23.6 Å². The molecule has 0 radical (unpaired) electrons. The van der Waals surface area contributed by atoms with Gasteiger partial charge in [0.05, 0.1) is 10.6 Å². The van der Waals surface area contributed by atoms with Crippen LogP contribution in [0.25, 0.3) is 10.8 Å². The van der Waals surface area contributed by atoms with Crippen LogP contribution in [0.3, 0.4) is 0 Å². The molecular weight excluding hydrogens is 398 g/mol. The summed E-state index contributed by atoms with van der Waals surface area (Å²) in [6.45, 7) is 0.925. The predicted molar refractivity (Wildman–Crippen MR) is 108 cm³/mol. The minimum atomic E-state index is -3.73. The lowest BCUT2D eigenvalue weighted by atomic mass is 10.1. The first-order chi connectivity index (χ1) is 13.4. The number of hydrogen-bond donors (Lipinski definition) is 0. The molecule has 1 aliphatic rings. The van der Waals surface area contributed by atoms with Gasteiger partial charge >= 0.3 is 5.97 Å². The zero-order valence-corrected chi connectivity index (χ0v) is 16.5. The van der Waals surface area contributed by atoms with Gasteiger partial charge in [-0.15, -0.1) is 0 Å². The van der Waals surface area contributed by atoms with E-state index in [1.807, 2.05) is 30.3 Å². The van der Waals surface area contributed by atoms with Crippen LogP contribution in [0.15, 0.2) is 65.6 Å². The second-order valence-electron chi connectivity index (χ2n) is 6.65. The van der Waals surface area contributed by atoms with E-state index in [-0.39, 0.29) is 15.5 Å². The average Bonchev–Trinajstić information content (AvgIpc) is 3.24. The van der Waals surface area contributed by atoms with Gasteiger partial charge in [-0.1, -0.05) is 41.9 Å². The van der Waals surface area contributed by atoms with Gasteiger partial charge in [0.15, 0.2) is 0 Å². The van der Waals surface area contributed by atoms with Crippen molar-refractivity contribution < 1.29 is 17.9 Å². The minimum Gasteiger partial charge on any atom is -0.423 e. The molecule has 3 aromatic rings. The molecule has 28 heavy (non-hydrogen) atoms. The SMILES string of the molecule is O=C(Oc1ccc2ccccc2c1)c1ccc(Cl)c(S(=O)(=O)N2CCCC2)c1. The first kappa shape index (κ1) is 18.9. The second-order valence-corrected chi connectivity index (χ2v) is 8.97. The Morgan fingerprint density at radius 1 is 0.929 bits per heavy atom. The summed E-state index contributed by atoms with van der Waals surface area (Å²) < 4.78 is 32.5. The summed E-state index contributed by atoms with van der Waals surface area (Å²) in [5.41, 5.74) is 0.135. The number of sulfonamides is 1. The Morgan fingerprint density at radius 2 is 1.64 bits per heavy atom. The number of carbonyl (C=O) groups is 1. The van der Waals surface area contributed by atoms with Gasteiger partial charge in [0.1, 0.15) is 10.6 Å². The normalized spacial score (nSPS) is 15.0. The molecule has 0 bridgehead atoms. The zero-order valence-electron chi connectivity index (χ0n) is 15.0. The topological polar surface area (TPSA) is 63.7 Å². The Morgan fingerprint density at radius 3 is 2.39 bits per heavy atom. The number of halogens is 1. The van der Waals surface area contributed by atoms with Crippen LogP contribution in [0, 0.1) is 0 Å². The van der Waals surface area contributed by atoms with Crippen molar-refractivity contribution in [2.75, 3.05) is 13.1 Å². The number of ether oxygens (including phenoxy) is 1. The lowest BCUT2D eigenvalue weighted by Gasteiger charge is -2.17. The van der Waals surface area contributed by atoms with Crippen molar-refractivity contribution in [2.24, 2.45) is 0 Å². The van der Waals surface area contributed by atoms with Crippen LogP contribution in [0.5, 0.6) is 5.75 Å². The molecule has 0 atom stereocenters. The number of nitrogens with zero attached hydrogens (tertiary/aromatic N) is 1. The molecular formula is C21H18ClNO4S. The molecule has 1 saturated heterocycles. The van der Waals surface area contributed by atoms with Gasteiger partial charge in [0, 0.05) is 13.1 Å². The molecule has 3 aromatic carbocycles. The molecule has 0 aliphatic carbocycles. The Labute approximate surface area is 168 Å². The van der Waals surface area contributed by atoms with Gasteiger partial charge in [-0.3, -0.25) is 0 Å². The summed E-state index contributed by atoms with van der Waals surface area (Å²) in [4.78, 5) is 12.5. The fourth-order valence-corrected chi connectivity index (χ4v) is 5.31. The van der Waals surface area contributed by atoms with E-state index in [0.29, 0.717) is 18.8 Å². The highest BCUT2D eigenvalue weighted by atomic mass is 35.5. The van der Waals surface area contributed by atoms with E-state index in [2.05, 4.69) is 0 Å². The summed E-state index contributed by atoms with van der Waals surface area (Å²) in [7, 11) is -3.73. The third-order valence-corrected chi connectivity index (χ3v) is 7.16. The summed E-state index contributed by atoms with van der Waals surface area (Å²) in [6, 6.07) is 17.2. The van der Waals surface area contributed by atoms with Gasteiger partial charge in [0.2, 0.25) is 10.0 Å². The average molecular weight is 416 g/mol. The van der Waals surface area contributed by atoms with Gasteiger partial charge in [-0.25, -0.2) is 13.2 Å². The Bertz CT molecular complexity index is 1150. The van der Waals surface area contributed by atoms with E-state index in [1.54, 1.807) is 12.1 Å². The van der Waals surface area contributed by atoms with Crippen LogP contribution >= 0.6 is 11.6 Å². The Kier molecular flexibility index (Phi) is 5.10. The molecule has 7 heteroatoms. The number of fused-ring (bicyclic) bond motifs is 1. The van der Waals surface area contributed by atoms with Crippen molar-refractivity contribution in [1.82, 2.24) is 4.31 Å². The fourth-order valence-electron chi connectivity index (χ4n) is 3.29. The van der Waals surface area contributed by atoms with E-state index >= 15 is 0 Å². The van der Waals surface area contributed by atoms with Gasteiger partial charge in [-0.2, -0.15) is 4.31 Å². The minimum absolute atomic E-state index is 0.0657. The Hall–Kier alpha value is -2.41. The van der Waals surface area contributed by atoms with Gasteiger partial charge in [-0.05, 0) is 53.9 Å². The predicted octanol–water partition coefficient (Wildman–Crippen LogP) is 4.50. The van der Waals surface area contributed by atoms with E-state index < -0.39 is 16.0 Å². The Balaban J connectivity index is 1.62. The van der Waals surface area contributed by atoms with E-state index in [9.17, 15) is 13.2 Å². The second kappa shape index (κ2) is 7.54. The third kappa shape index (κ3) is 3.63. The van der Waals surface area contributed by atoms with Crippen LogP contribution in [0.2, 0.25) is 5.02 Å². The number of benzene rings is 3. The number of rotatable bonds is 4. The van der Waals surface area contributed by atoms with Crippen LogP contribution in [0.4, 0.5) is 0 Å². The van der Waals surface area contributed by atoms with Gasteiger partial charge in [0.25, 0.3) is 0 Å². The van der Waals surface area contributed by atoms with Crippen molar-refractivity contribution in [3.05, 3.63) is 71.2 Å². The molecule has 0 unspecified atom stereocenters. The summed E-state index contributed by atoms with van der Waals surface area (Å²) in [5.74, 6) is -0.243. The maximum absolute atomic E-state index is 12.8. The maximum atomic E-state index is 12.8. The van der Waals surface area contributed by atoms with E-state index in [4.69, 9.17) is 16.3 Å². The molecule has 0 amide bonds. The fraction of sp³-hybridized carbons (Fsp3) is 0.190. The monoisotopic (exact) mass is 415 g/mol. The lowest BCUT2D eigenvalue weighted by Crippen LogP contribution is -2.28. The smallest absolute Gasteiger partial charge is 0.343 e. The number of carbonyl (C=O) groups excluding carboxylic acids is 1. The standard InChI is InChI=1S/C21H18ClNO4S/c22-19-10-8-17(14-20(19)28(25,26)23-11-3-4-12-23)21(24)27-18-9-7-15-5-1-2-6-16(15)13-18/h1-2,5-10,13-14H,3-4,11-12H2. The molecule has 4 rings (SSSR count). The summed E-state index contributed by atoms with van der Waals surface area (Å²) >= 11 is 6.13. The van der Waals surface area contributed by atoms with Crippen LogP contribution in [-0.2, 0) is 10.0 Å². The number of esters is 1. The third-order valence-electron chi connectivity index (χ3n) is 4.78. The largest absolute Gasteiger partial charge is 0.423 e. The first-order valence-electron chi connectivity index (χ1n) is 8.96. The van der Waals surface area contributed by atoms with Crippen LogP contribution in [0.1, 0.15) is 23.2 Å². The maximum Gasteiger partial charge on any atom is 0.343 e. The van der Waals surface area contributed by atoms with Crippen molar-refractivity contribution in [1.29, 1.82) is 0 Å². The molecule has 1 aliphatic heterocycles. The molecule has 144 valence electrons. The zero-order chi connectivity index (χ0) is 19.7. The molecule has 0 saturated carbocycles. The molecule has 1 heterocycles. The molecule has 5 nitrogen and oxygen atoms in total. The lowest BCUT2D eigenvalue weighted by molar-refractivity contribution is 0.0734. The van der Waals surface area contributed by atoms with Crippen molar-refractivity contribution in [3.63, 3.8) is 0 Å². The number of hydrogen-bond acceptors (Lipinski definition) is 4. The highest BCUT2D eigenvalue weighted by Crippen LogP contribution is 2.29. The highest BCUT2D eigenvalue weighted by Gasteiger charge is 2.30. The van der Waals surface area contributed by atoms with E-state index in [1.165, 1.54) is 22.5 Å². The van der Waals surface area contributed by atoms with Crippen molar-refractivity contribution in [3.8, 4) is 5.75 Å². The summed E-state index contributed by atoms with van der Waals surface area (Å²) in [5, 5.41) is 2.07. The molecule has 1 fully saturated rings.